The second-order valence-corrected chi connectivity index (χ2v) is 3.20. The molecule has 1 rings (SSSR count). The van der Waals surface area contributed by atoms with Crippen molar-refractivity contribution in [2.24, 2.45) is 0 Å². The number of carbonyl (C=O) groups is 2. The SMILES string of the molecule is COC(=O)c1ccc(COCCC=O)cc1. The first-order valence-electron chi connectivity index (χ1n) is 4.96. The van der Waals surface area contributed by atoms with Crippen LogP contribution >= 0.6 is 0 Å². The lowest BCUT2D eigenvalue weighted by molar-refractivity contribution is -0.108. The molecule has 0 bridgehead atoms. The Morgan fingerprint density at radius 2 is 2.00 bits per heavy atom. The quantitative estimate of drug-likeness (QED) is 0.416. The Bertz CT molecular complexity index is 343. The molecule has 0 saturated carbocycles. The highest BCUT2D eigenvalue weighted by Gasteiger charge is 2.03. The van der Waals surface area contributed by atoms with E-state index in [1.807, 2.05) is 0 Å². The van der Waals surface area contributed by atoms with Gasteiger partial charge in [-0.2, -0.15) is 0 Å². The van der Waals surface area contributed by atoms with E-state index in [0.29, 0.717) is 25.2 Å². The Labute approximate surface area is 94.2 Å². The number of hydrogen-bond donors (Lipinski definition) is 0. The third kappa shape index (κ3) is 3.82. The number of rotatable bonds is 6. The third-order valence-corrected chi connectivity index (χ3v) is 2.02. The first kappa shape index (κ1) is 12.4. The number of aldehydes is 1. The van der Waals surface area contributed by atoms with Crippen LogP contribution in [0, 0.1) is 0 Å². The average molecular weight is 222 g/mol. The molecule has 0 aliphatic heterocycles. The van der Waals surface area contributed by atoms with E-state index in [1.165, 1.54) is 7.11 Å². The monoisotopic (exact) mass is 222 g/mol. The molecule has 0 saturated heterocycles. The van der Waals surface area contributed by atoms with E-state index in [2.05, 4.69) is 4.74 Å². The first-order chi connectivity index (χ1) is 7.77. The molecule has 1 aromatic carbocycles. The minimum atomic E-state index is -0.353. The summed E-state index contributed by atoms with van der Waals surface area (Å²) in [6.07, 6.45) is 1.22. The van der Waals surface area contributed by atoms with Crippen LogP contribution in [0.3, 0.4) is 0 Å². The van der Waals surface area contributed by atoms with Gasteiger partial charge in [0.2, 0.25) is 0 Å². The van der Waals surface area contributed by atoms with Crippen LogP contribution in [0.1, 0.15) is 22.3 Å². The molecule has 4 nitrogen and oxygen atoms in total. The molecule has 0 heterocycles. The van der Waals surface area contributed by atoms with Gasteiger partial charge in [-0.05, 0) is 17.7 Å². The van der Waals surface area contributed by atoms with Gasteiger partial charge in [0, 0.05) is 6.42 Å². The summed E-state index contributed by atoms with van der Waals surface area (Å²) in [5.41, 5.74) is 1.47. The van der Waals surface area contributed by atoms with Crippen LogP contribution < -0.4 is 0 Å². The van der Waals surface area contributed by atoms with Crippen LogP contribution in [0.2, 0.25) is 0 Å². The third-order valence-electron chi connectivity index (χ3n) is 2.02. The highest BCUT2D eigenvalue weighted by Crippen LogP contribution is 2.06. The highest BCUT2D eigenvalue weighted by atomic mass is 16.5. The number of carbonyl (C=O) groups excluding carboxylic acids is 2. The largest absolute Gasteiger partial charge is 0.465 e. The Morgan fingerprint density at radius 3 is 2.56 bits per heavy atom. The molecule has 0 aliphatic rings. The van der Waals surface area contributed by atoms with Gasteiger partial charge in [-0.1, -0.05) is 12.1 Å². The van der Waals surface area contributed by atoms with Crippen LogP contribution in [0.5, 0.6) is 0 Å². The van der Waals surface area contributed by atoms with E-state index in [4.69, 9.17) is 4.74 Å². The zero-order chi connectivity index (χ0) is 11.8. The van der Waals surface area contributed by atoms with Crippen molar-refractivity contribution in [3.05, 3.63) is 35.4 Å². The summed E-state index contributed by atoms with van der Waals surface area (Å²) in [6, 6.07) is 6.97. The smallest absolute Gasteiger partial charge is 0.337 e. The maximum Gasteiger partial charge on any atom is 0.337 e. The minimum Gasteiger partial charge on any atom is -0.465 e. The van der Waals surface area contributed by atoms with Crippen molar-refractivity contribution in [2.45, 2.75) is 13.0 Å². The predicted octanol–water partition coefficient (Wildman–Crippen LogP) is 1.58. The Balaban J connectivity index is 2.45. The van der Waals surface area contributed by atoms with Crippen LogP contribution in [-0.2, 0) is 20.9 Å². The Hall–Kier alpha value is -1.68. The molecular weight excluding hydrogens is 208 g/mol. The molecule has 0 spiro atoms. The Kier molecular flexibility index (Phi) is 5.22. The fraction of sp³-hybridized carbons (Fsp3) is 0.333. The van der Waals surface area contributed by atoms with Gasteiger partial charge in [0.05, 0.1) is 25.9 Å². The normalized spacial score (nSPS) is 9.81. The van der Waals surface area contributed by atoms with Crippen molar-refractivity contribution < 1.29 is 19.1 Å². The first-order valence-corrected chi connectivity index (χ1v) is 4.96. The molecule has 16 heavy (non-hydrogen) atoms. The van der Waals surface area contributed by atoms with Gasteiger partial charge in [0.1, 0.15) is 6.29 Å². The van der Waals surface area contributed by atoms with Crippen LogP contribution in [0.25, 0.3) is 0 Å². The molecule has 0 aliphatic carbocycles. The minimum absolute atomic E-state index is 0.353. The number of benzene rings is 1. The molecule has 0 unspecified atom stereocenters. The van der Waals surface area contributed by atoms with E-state index < -0.39 is 0 Å². The van der Waals surface area contributed by atoms with Gasteiger partial charge in [0.25, 0.3) is 0 Å². The second-order valence-electron chi connectivity index (χ2n) is 3.20. The van der Waals surface area contributed by atoms with Crippen molar-refractivity contribution in [1.29, 1.82) is 0 Å². The zero-order valence-corrected chi connectivity index (χ0v) is 9.14. The lowest BCUT2D eigenvalue weighted by atomic mass is 10.1. The van der Waals surface area contributed by atoms with Crippen molar-refractivity contribution in [3.8, 4) is 0 Å². The lowest BCUT2D eigenvalue weighted by Crippen LogP contribution is -2.01. The lowest BCUT2D eigenvalue weighted by Gasteiger charge is -2.03. The Morgan fingerprint density at radius 1 is 1.31 bits per heavy atom. The molecule has 4 heteroatoms. The van der Waals surface area contributed by atoms with E-state index in [0.717, 1.165) is 11.8 Å². The maximum absolute atomic E-state index is 11.1. The summed E-state index contributed by atoms with van der Waals surface area (Å²) < 4.78 is 9.82. The van der Waals surface area contributed by atoms with E-state index in [-0.39, 0.29) is 5.97 Å². The second kappa shape index (κ2) is 6.74. The topological polar surface area (TPSA) is 52.6 Å². The van der Waals surface area contributed by atoms with Crippen LogP contribution in [0.4, 0.5) is 0 Å². The number of esters is 1. The summed E-state index contributed by atoms with van der Waals surface area (Å²) in [7, 11) is 1.35. The zero-order valence-electron chi connectivity index (χ0n) is 9.14. The molecule has 0 aromatic heterocycles. The average Bonchev–Trinajstić information content (AvgIpc) is 2.34. The number of methoxy groups -OCH3 is 1. The standard InChI is InChI=1S/C12H14O4/c1-15-12(14)11-5-3-10(4-6-11)9-16-8-2-7-13/h3-7H,2,8-9H2,1H3. The maximum atomic E-state index is 11.1. The summed E-state index contributed by atoms with van der Waals surface area (Å²) in [5.74, 6) is -0.353. The summed E-state index contributed by atoms with van der Waals surface area (Å²) >= 11 is 0. The van der Waals surface area contributed by atoms with E-state index >= 15 is 0 Å². The fourth-order valence-electron chi connectivity index (χ4n) is 1.18. The number of ether oxygens (including phenoxy) is 2. The fourth-order valence-corrected chi connectivity index (χ4v) is 1.18. The summed E-state index contributed by atoms with van der Waals surface area (Å²) in [6.45, 7) is 0.859. The molecule has 0 radical (unpaired) electrons. The van der Waals surface area contributed by atoms with E-state index in [1.54, 1.807) is 24.3 Å². The van der Waals surface area contributed by atoms with Gasteiger partial charge in [-0.15, -0.1) is 0 Å². The molecule has 0 fully saturated rings. The number of hydrogen-bond acceptors (Lipinski definition) is 4. The summed E-state index contributed by atoms with van der Waals surface area (Å²) in [4.78, 5) is 21.2. The van der Waals surface area contributed by atoms with Gasteiger partial charge in [-0.25, -0.2) is 4.79 Å². The molecular formula is C12H14O4. The predicted molar refractivity (Wildman–Crippen MR) is 58.1 cm³/mol. The van der Waals surface area contributed by atoms with Crippen molar-refractivity contribution in [2.75, 3.05) is 13.7 Å². The molecule has 0 N–H and O–H groups in total. The van der Waals surface area contributed by atoms with Crippen LogP contribution in [0.15, 0.2) is 24.3 Å². The molecule has 0 atom stereocenters. The van der Waals surface area contributed by atoms with Crippen molar-refractivity contribution in [1.82, 2.24) is 0 Å². The van der Waals surface area contributed by atoms with E-state index in [9.17, 15) is 9.59 Å². The van der Waals surface area contributed by atoms with Crippen LogP contribution in [-0.4, -0.2) is 26.0 Å². The van der Waals surface area contributed by atoms with Gasteiger partial charge in [-0.3, -0.25) is 0 Å². The highest BCUT2D eigenvalue weighted by molar-refractivity contribution is 5.89. The molecule has 1 aromatic rings. The molecule has 86 valence electrons. The van der Waals surface area contributed by atoms with Crippen molar-refractivity contribution in [3.63, 3.8) is 0 Å². The summed E-state index contributed by atoms with van der Waals surface area (Å²) in [5, 5.41) is 0. The van der Waals surface area contributed by atoms with Gasteiger partial charge < -0.3 is 14.3 Å². The van der Waals surface area contributed by atoms with Gasteiger partial charge >= 0.3 is 5.97 Å². The van der Waals surface area contributed by atoms with Gasteiger partial charge in [0.15, 0.2) is 0 Å². The molecule has 0 amide bonds. The van der Waals surface area contributed by atoms with Crippen molar-refractivity contribution >= 4 is 12.3 Å².